The lowest BCUT2D eigenvalue weighted by Gasteiger charge is -2.27. The number of methoxy groups -OCH3 is 1. The number of aldehydes is 1. The topological polar surface area (TPSA) is 48.7 Å². The maximum atomic E-state index is 10.5. The molecule has 0 saturated heterocycles. The van der Waals surface area contributed by atoms with Crippen molar-refractivity contribution >= 4 is 6.29 Å². The summed E-state index contributed by atoms with van der Waals surface area (Å²) < 4.78 is 16.4. The number of hydrogen-bond acceptors (Lipinski definition) is 4. The van der Waals surface area contributed by atoms with Gasteiger partial charge in [-0.1, -0.05) is 0 Å². The van der Waals surface area contributed by atoms with Gasteiger partial charge in [-0.15, -0.1) is 0 Å². The third-order valence-corrected chi connectivity index (χ3v) is 3.17. The van der Waals surface area contributed by atoms with Crippen LogP contribution in [0.15, 0.2) is 16.5 Å². The first kappa shape index (κ1) is 12.3. The smallest absolute Gasteiger partial charge is 0.185 e. The number of furan rings is 1. The van der Waals surface area contributed by atoms with Crippen molar-refractivity contribution in [1.82, 2.24) is 0 Å². The molecule has 2 atom stereocenters. The monoisotopic (exact) mass is 238 g/mol. The van der Waals surface area contributed by atoms with Crippen LogP contribution < -0.4 is 0 Å². The zero-order valence-corrected chi connectivity index (χ0v) is 10.1. The molecule has 2 unspecified atom stereocenters. The van der Waals surface area contributed by atoms with Gasteiger partial charge in [0.1, 0.15) is 12.4 Å². The van der Waals surface area contributed by atoms with Crippen LogP contribution in [0.4, 0.5) is 0 Å². The summed E-state index contributed by atoms with van der Waals surface area (Å²) >= 11 is 0. The van der Waals surface area contributed by atoms with E-state index >= 15 is 0 Å². The van der Waals surface area contributed by atoms with Crippen molar-refractivity contribution in [2.75, 3.05) is 7.11 Å². The Hall–Kier alpha value is -1.13. The van der Waals surface area contributed by atoms with Crippen molar-refractivity contribution in [1.29, 1.82) is 0 Å². The van der Waals surface area contributed by atoms with Gasteiger partial charge in [0.15, 0.2) is 12.0 Å². The van der Waals surface area contributed by atoms with Crippen LogP contribution in [0.25, 0.3) is 0 Å². The Balaban J connectivity index is 1.79. The summed E-state index contributed by atoms with van der Waals surface area (Å²) in [6.07, 6.45) is 5.52. The molecule has 0 aromatic carbocycles. The lowest BCUT2D eigenvalue weighted by atomic mass is 9.95. The van der Waals surface area contributed by atoms with Gasteiger partial charge in [0.25, 0.3) is 0 Å². The first-order chi connectivity index (χ1) is 8.31. The summed E-state index contributed by atoms with van der Waals surface area (Å²) in [7, 11) is 1.75. The average molecular weight is 238 g/mol. The van der Waals surface area contributed by atoms with E-state index in [4.69, 9.17) is 13.9 Å². The molecule has 1 saturated carbocycles. The molecule has 1 heterocycles. The number of rotatable bonds is 5. The Kier molecular flexibility index (Phi) is 4.34. The fourth-order valence-electron chi connectivity index (χ4n) is 2.20. The highest BCUT2D eigenvalue weighted by atomic mass is 16.5. The quantitative estimate of drug-likeness (QED) is 0.740. The Morgan fingerprint density at radius 1 is 1.41 bits per heavy atom. The van der Waals surface area contributed by atoms with Gasteiger partial charge in [0, 0.05) is 7.11 Å². The van der Waals surface area contributed by atoms with Gasteiger partial charge in [-0.25, -0.2) is 0 Å². The minimum absolute atomic E-state index is 0.235. The Morgan fingerprint density at radius 2 is 2.24 bits per heavy atom. The van der Waals surface area contributed by atoms with Crippen molar-refractivity contribution in [2.45, 2.75) is 44.5 Å². The molecule has 2 rings (SSSR count). The van der Waals surface area contributed by atoms with Gasteiger partial charge < -0.3 is 13.9 Å². The van der Waals surface area contributed by atoms with E-state index in [2.05, 4.69) is 0 Å². The lowest BCUT2D eigenvalue weighted by molar-refractivity contribution is -0.0405. The molecule has 1 aromatic rings. The molecular formula is C13H18O4. The fraction of sp³-hybridized carbons (Fsp3) is 0.615. The van der Waals surface area contributed by atoms with E-state index in [9.17, 15) is 4.79 Å². The van der Waals surface area contributed by atoms with Crippen LogP contribution in [-0.2, 0) is 16.1 Å². The summed E-state index contributed by atoms with van der Waals surface area (Å²) in [6, 6.07) is 3.44. The Morgan fingerprint density at radius 3 is 2.94 bits per heavy atom. The highest BCUT2D eigenvalue weighted by Gasteiger charge is 2.22. The van der Waals surface area contributed by atoms with Crippen LogP contribution in [0.5, 0.6) is 0 Å². The van der Waals surface area contributed by atoms with Gasteiger partial charge in [-0.3, -0.25) is 4.79 Å². The highest BCUT2D eigenvalue weighted by molar-refractivity contribution is 5.70. The second-order valence-corrected chi connectivity index (χ2v) is 4.38. The largest absolute Gasteiger partial charge is 0.456 e. The molecule has 4 heteroatoms. The van der Waals surface area contributed by atoms with Gasteiger partial charge in [0.05, 0.1) is 12.2 Å². The summed E-state index contributed by atoms with van der Waals surface area (Å²) in [4.78, 5) is 10.5. The molecule has 0 amide bonds. The average Bonchev–Trinajstić information content (AvgIpc) is 2.84. The maximum absolute atomic E-state index is 10.5. The summed E-state index contributed by atoms with van der Waals surface area (Å²) in [5.74, 6) is 1.05. The molecule has 94 valence electrons. The van der Waals surface area contributed by atoms with E-state index < -0.39 is 0 Å². The molecule has 1 aromatic heterocycles. The predicted molar refractivity (Wildman–Crippen MR) is 61.9 cm³/mol. The third kappa shape index (κ3) is 3.41. The van der Waals surface area contributed by atoms with Gasteiger partial charge in [0.2, 0.25) is 0 Å². The second kappa shape index (κ2) is 5.98. The van der Waals surface area contributed by atoms with Crippen LogP contribution in [-0.4, -0.2) is 25.6 Å². The molecule has 1 aliphatic carbocycles. The third-order valence-electron chi connectivity index (χ3n) is 3.17. The number of carbonyl (C=O) groups excluding carboxylic acids is 1. The predicted octanol–water partition coefficient (Wildman–Crippen LogP) is 2.57. The van der Waals surface area contributed by atoms with Crippen molar-refractivity contribution in [3.05, 3.63) is 23.7 Å². The van der Waals surface area contributed by atoms with Gasteiger partial charge in [-0.2, -0.15) is 0 Å². The Bertz CT molecular complexity index is 358. The van der Waals surface area contributed by atoms with Crippen molar-refractivity contribution in [2.24, 2.45) is 0 Å². The molecule has 0 aliphatic heterocycles. The van der Waals surface area contributed by atoms with Crippen molar-refractivity contribution in [3.8, 4) is 0 Å². The fourth-order valence-corrected chi connectivity index (χ4v) is 2.20. The van der Waals surface area contributed by atoms with E-state index in [-0.39, 0.29) is 6.10 Å². The maximum Gasteiger partial charge on any atom is 0.185 e. The number of carbonyl (C=O) groups is 1. The molecule has 0 bridgehead atoms. The van der Waals surface area contributed by atoms with Crippen molar-refractivity contribution < 1.29 is 18.7 Å². The van der Waals surface area contributed by atoms with E-state index in [1.165, 1.54) is 0 Å². The first-order valence-electron chi connectivity index (χ1n) is 6.00. The SMILES string of the molecule is COC1CCCC(OCc2ccc(C=O)o2)C1. The molecule has 17 heavy (non-hydrogen) atoms. The van der Waals surface area contributed by atoms with Crippen LogP contribution in [0.3, 0.4) is 0 Å². The zero-order chi connectivity index (χ0) is 12.1. The van der Waals surface area contributed by atoms with Gasteiger partial charge in [-0.05, 0) is 37.8 Å². The minimum atomic E-state index is 0.235. The molecule has 0 spiro atoms. The molecule has 4 nitrogen and oxygen atoms in total. The summed E-state index contributed by atoms with van der Waals surface area (Å²) in [5, 5.41) is 0. The van der Waals surface area contributed by atoms with Gasteiger partial charge >= 0.3 is 0 Å². The normalized spacial score (nSPS) is 24.8. The highest BCUT2D eigenvalue weighted by Crippen LogP contribution is 2.24. The van der Waals surface area contributed by atoms with Crippen LogP contribution in [0.2, 0.25) is 0 Å². The van der Waals surface area contributed by atoms with E-state index in [1.807, 2.05) is 0 Å². The van der Waals surface area contributed by atoms with Crippen LogP contribution in [0.1, 0.15) is 42.0 Å². The lowest BCUT2D eigenvalue weighted by Crippen LogP contribution is -2.27. The van der Waals surface area contributed by atoms with Crippen LogP contribution >= 0.6 is 0 Å². The van der Waals surface area contributed by atoms with Crippen LogP contribution in [0, 0.1) is 0 Å². The second-order valence-electron chi connectivity index (χ2n) is 4.38. The minimum Gasteiger partial charge on any atom is -0.456 e. The van der Waals surface area contributed by atoms with E-state index in [0.717, 1.165) is 25.7 Å². The number of hydrogen-bond donors (Lipinski definition) is 0. The summed E-state index contributed by atoms with van der Waals surface area (Å²) in [5.41, 5.74) is 0. The molecule has 1 aliphatic rings. The summed E-state index contributed by atoms with van der Waals surface area (Å²) in [6.45, 7) is 0.426. The first-order valence-corrected chi connectivity index (χ1v) is 6.00. The molecule has 0 radical (unpaired) electrons. The van der Waals surface area contributed by atoms with E-state index in [1.54, 1.807) is 19.2 Å². The zero-order valence-electron chi connectivity index (χ0n) is 10.1. The van der Waals surface area contributed by atoms with E-state index in [0.29, 0.717) is 30.5 Å². The molecule has 1 fully saturated rings. The number of ether oxygens (including phenoxy) is 2. The Labute approximate surface area is 101 Å². The molecular weight excluding hydrogens is 220 g/mol. The molecule has 0 N–H and O–H groups in total. The van der Waals surface area contributed by atoms with Crippen molar-refractivity contribution in [3.63, 3.8) is 0 Å². The standard InChI is InChI=1S/C13H18O4/c1-15-10-3-2-4-11(7-10)16-9-13-6-5-12(8-14)17-13/h5-6,8,10-11H,2-4,7,9H2,1H3.